The van der Waals surface area contributed by atoms with Crippen molar-refractivity contribution in [3.05, 3.63) is 59.6 Å². The van der Waals surface area contributed by atoms with Crippen LogP contribution in [0.25, 0.3) is 0 Å². The number of nitrogens with zero attached hydrogens (tertiary/aromatic N) is 1. The molecule has 1 heterocycles. The van der Waals surface area contributed by atoms with Crippen LogP contribution < -0.4 is 9.47 Å². The molecule has 0 unspecified atom stereocenters. The summed E-state index contributed by atoms with van der Waals surface area (Å²) in [7, 11) is 0. The highest BCUT2D eigenvalue weighted by molar-refractivity contribution is 6.30. The summed E-state index contributed by atoms with van der Waals surface area (Å²) in [5.74, 6) is 1.35. The summed E-state index contributed by atoms with van der Waals surface area (Å²) < 4.78 is 16.9. The molecule has 1 aliphatic rings. The molecule has 0 aliphatic carbocycles. The van der Waals surface area contributed by atoms with Crippen LogP contribution >= 0.6 is 11.6 Å². The van der Waals surface area contributed by atoms with E-state index in [0.29, 0.717) is 37.1 Å². The Morgan fingerprint density at radius 1 is 1.08 bits per heavy atom. The molecule has 5 nitrogen and oxygen atoms in total. The predicted molar refractivity (Wildman–Crippen MR) is 95.2 cm³/mol. The van der Waals surface area contributed by atoms with Crippen LogP contribution in [0.2, 0.25) is 5.02 Å². The highest BCUT2D eigenvalue weighted by Gasteiger charge is 2.25. The number of rotatable bonds is 6. The van der Waals surface area contributed by atoms with E-state index in [1.807, 2.05) is 30.3 Å². The Kier molecular flexibility index (Phi) is 6.14. The van der Waals surface area contributed by atoms with E-state index in [0.717, 1.165) is 5.75 Å². The molecule has 1 aliphatic heterocycles. The first-order valence-electron chi connectivity index (χ1n) is 8.16. The van der Waals surface area contributed by atoms with Crippen molar-refractivity contribution in [3.8, 4) is 11.5 Å². The Balaban J connectivity index is 1.45. The Hall–Kier alpha value is -2.24. The van der Waals surface area contributed by atoms with Gasteiger partial charge < -0.3 is 19.1 Å². The van der Waals surface area contributed by atoms with Gasteiger partial charge in [-0.3, -0.25) is 4.79 Å². The summed E-state index contributed by atoms with van der Waals surface area (Å²) in [5.41, 5.74) is 0. The van der Waals surface area contributed by atoms with Crippen LogP contribution in [0, 0.1) is 0 Å². The van der Waals surface area contributed by atoms with Crippen LogP contribution in [0.3, 0.4) is 0 Å². The molecule has 3 rings (SSSR count). The van der Waals surface area contributed by atoms with Crippen molar-refractivity contribution in [2.24, 2.45) is 0 Å². The van der Waals surface area contributed by atoms with Gasteiger partial charge in [0.05, 0.1) is 13.2 Å². The summed E-state index contributed by atoms with van der Waals surface area (Å²) in [6, 6.07) is 16.5. The van der Waals surface area contributed by atoms with Gasteiger partial charge >= 0.3 is 0 Å². The average molecular weight is 362 g/mol. The van der Waals surface area contributed by atoms with Crippen molar-refractivity contribution >= 4 is 17.5 Å². The van der Waals surface area contributed by atoms with Gasteiger partial charge in [-0.1, -0.05) is 29.8 Å². The largest absolute Gasteiger partial charge is 0.491 e. The van der Waals surface area contributed by atoms with E-state index >= 15 is 0 Å². The highest BCUT2D eigenvalue weighted by atomic mass is 35.5. The second kappa shape index (κ2) is 8.74. The molecule has 0 aromatic heterocycles. The van der Waals surface area contributed by atoms with Crippen molar-refractivity contribution in [2.75, 3.05) is 32.9 Å². The molecule has 0 N–H and O–H groups in total. The van der Waals surface area contributed by atoms with Crippen LogP contribution in [0.15, 0.2) is 54.6 Å². The van der Waals surface area contributed by atoms with Gasteiger partial charge in [0.1, 0.15) is 24.2 Å². The fourth-order valence-corrected chi connectivity index (χ4v) is 2.65. The van der Waals surface area contributed by atoms with Crippen molar-refractivity contribution in [1.82, 2.24) is 4.90 Å². The third kappa shape index (κ3) is 5.37. The third-order valence-corrected chi connectivity index (χ3v) is 4.10. The zero-order valence-electron chi connectivity index (χ0n) is 13.8. The SMILES string of the molecule is O=C(COc1ccc(Cl)cc1)N1CCO[C@H](COc2ccccc2)C1. The maximum Gasteiger partial charge on any atom is 0.260 e. The molecule has 1 fully saturated rings. The van der Waals surface area contributed by atoms with Crippen LogP contribution in [-0.2, 0) is 9.53 Å². The molecule has 0 spiro atoms. The maximum absolute atomic E-state index is 12.3. The van der Waals surface area contributed by atoms with Crippen LogP contribution in [-0.4, -0.2) is 49.8 Å². The molecule has 2 aromatic rings. The lowest BCUT2D eigenvalue weighted by Crippen LogP contribution is -2.49. The fraction of sp³-hybridized carbons (Fsp3) is 0.316. The molecule has 0 bridgehead atoms. The van der Waals surface area contributed by atoms with E-state index in [1.165, 1.54) is 0 Å². The number of benzene rings is 2. The molecule has 6 heteroatoms. The number of carbonyl (C=O) groups is 1. The number of ether oxygens (including phenoxy) is 3. The lowest BCUT2D eigenvalue weighted by Gasteiger charge is -2.32. The normalized spacial score (nSPS) is 17.2. The number of para-hydroxylation sites is 1. The summed E-state index contributed by atoms with van der Waals surface area (Å²) in [4.78, 5) is 14.1. The summed E-state index contributed by atoms with van der Waals surface area (Å²) >= 11 is 5.83. The fourth-order valence-electron chi connectivity index (χ4n) is 2.52. The van der Waals surface area contributed by atoms with Gasteiger partial charge in [0, 0.05) is 11.6 Å². The molecule has 132 valence electrons. The average Bonchev–Trinajstić information content (AvgIpc) is 2.67. The monoisotopic (exact) mass is 361 g/mol. The maximum atomic E-state index is 12.3. The summed E-state index contributed by atoms with van der Waals surface area (Å²) in [6.45, 7) is 1.95. The minimum Gasteiger partial charge on any atom is -0.491 e. The smallest absolute Gasteiger partial charge is 0.260 e. The number of carbonyl (C=O) groups excluding carboxylic acids is 1. The van der Waals surface area contributed by atoms with Gasteiger partial charge in [0.25, 0.3) is 5.91 Å². The first kappa shape index (κ1) is 17.6. The topological polar surface area (TPSA) is 48.0 Å². The molecular weight excluding hydrogens is 342 g/mol. The molecular formula is C19H20ClNO4. The molecule has 1 saturated heterocycles. The second-order valence-corrected chi connectivity index (χ2v) is 6.14. The van der Waals surface area contributed by atoms with Crippen LogP contribution in [0.5, 0.6) is 11.5 Å². The number of amides is 1. The standard InChI is InChI=1S/C19H20ClNO4/c20-15-6-8-17(9-7-15)25-14-19(22)21-10-11-23-18(12-21)13-24-16-4-2-1-3-5-16/h1-9,18H,10-14H2/t18-/m0/s1. The molecule has 2 aromatic carbocycles. The van der Waals surface area contributed by atoms with E-state index < -0.39 is 0 Å². The van der Waals surface area contributed by atoms with Gasteiger partial charge in [0.2, 0.25) is 0 Å². The van der Waals surface area contributed by atoms with E-state index in [2.05, 4.69) is 0 Å². The Morgan fingerprint density at radius 2 is 1.80 bits per heavy atom. The van der Waals surface area contributed by atoms with Crippen LogP contribution in [0.4, 0.5) is 0 Å². The quantitative estimate of drug-likeness (QED) is 0.793. The summed E-state index contributed by atoms with van der Waals surface area (Å²) in [5, 5.41) is 0.633. The number of morpholine rings is 1. The Morgan fingerprint density at radius 3 is 2.56 bits per heavy atom. The Labute approximate surface area is 152 Å². The van der Waals surface area contributed by atoms with E-state index in [-0.39, 0.29) is 18.6 Å². The van der Waals surface area contributed by atoms with Gasteiger partial charge in [-0.2, -0.15) is 0 Å². The van der Waals surface area contributed by atoms with Gasteiger partial charge in [-0.25, -0.2) is 0 Å². The second-order valence-electron chi connectivity index (χ2n) is 5.70. The van der Waals surface area contributed by atoms with Crippen molar-refractivity contribution in [3.63, 3.8) is 0 Å². The number of hydrogen-bond acceptors (Lipinski definition) is 4. The van der Waals surface area contributed by atoms with Crippen LogP contribution in [0.1, 0.15) is 0 Å². The Bertz CT molecular complexity index is 678. The molecule has 1 atom stereocenters. The third-order valence-electron chi connectivity index (χ3n) is 3.85. The van der Waals surface area contributed by atoms with Gasteiger partial charge in [-0.15, -0.1) is 0 Å². The zero-order valence-corrected chi connectivity index (χ0v) is 14.5. The van der Waals surface area contributed by atoms with E-state index in [9.17, 15) is 4.79 Å². The molecule has 0 saturated carbocycles. The van der Waals surface area contributed by atoms with Crippen molar-refractivity contribution in [1.29, 1.82) is 0 Å². The first-order chi connectivity index (χ1) is 12.2. The molecule has 25 heavy (non-hydrogen) atoms. The molecule has 1 amide bonds. The van der Waals surface area contributed by atoms with Crippen molar-refractivity contribution in [2.45, 2.75) is 6.10 Å². The van der Waals surface area contributed by atoms with Crippen molar-refractivity contribution < 1.29 is 19.0 Å². The number of hydrogen-bond donors (Lipinski definition) is 0. The van der Waals surface area contributed by atoms with E-state index in [1.54, 1.807) is 29.2 Å². The number of halogens is 1. The lowest BCUT2D eigenvalue weighted by molar-refractivity contribution is -0.142. The predicted octanol–water partition coefficient (Wildman–Crippen LogP) is 3.03. The molecule has 0 radical (unpaired) electrons. The van der Waals surface area contributed by atoms with Gasteiger partial charge in [0.15, 0.2) is 6.61 Å². The highest BCUT2D eigenvalue weighted by Crippen LogP contribution is 2.16. The minimum atomic E-state index is -0.145. The minimum absolute atomic E-state index is 0.00606. The summed E-state index contributed by atoms with van der Waals surface area (Å²) in [6.07, 6.45) is -0.145. The zero-order chi connectivity index (χ0) is 17.5. The lowest BCUT2D eigenvalue weighted by atomic mass is 10.2. The first-order valence-corrected chi connectivity index (χ1v) is 8.54. The van der Waals surface area contributed by atoms with E-state index in [4.69, 9.17) is 25.8 Å². The van der Waals surface area contributed by atoms with Gasteiger partial charge in [-0.05, 0) is 36.4 Å².